The Kier molecular flexibility index (Phi) is 1.76. The second-order valence-corrected chi connectivity index (χ2v) is 3.92. The number of hydrogen-bond acceptors (Lipinski definition) is 3. The molecule has 3 saturated heterocycles. The molecule has 0 N–H and O–H groups in total. The molecule has 0 aliphatic carbocycles. The highest BCUT2D eigenvalue weighted by molar-refractivity contribution is 9.09. The van der Waals surface area contributed by atoms with Crippen LogP contribution in [-0.2, 0) is 14.2 Å². The lowest BCUT2D eigenvalue weighted by Crippen LogP contribution is -2.59. The number of halogens is 1. The fraction of sp³-hybridized carbons (Fsp3) is 1.00. The molecule has 3 aliphatic rings. The van der Waals surface area contributed by atoms with Gasteiger partial charge in [0.2, 0.25) is 0 Å². The maximum absolute atomic E-state index is 5.38. The van der Waals surface area contributed by atoms with Gasteiger partial charge in [0.1, 0.15) is 0 Å². The van der Waals surface area contributed by atoms with Crippen molar-refractivity contribution < 1.29 is 14.2 Å². The maximum Gasteiger partial charge on any atom is 0.279 e. The molecule has 0 aromatic rings. The Morgan fingerprint density at radius 1 is 1.18 bits per heavy atom. The lowest BCUT2D eigenvalue weighted by atomic mass is 9.92. The van der Waals surface area contributed by atoms with E-state index in [2.05, 4.69) is 15.9 Å². The predicted molar refractivity (Wildman–Crippen MR) is 42.5 cm³/mol. The molecule has 11 heavy (non-hydrogen) atoms. The molecular formula is C7H11BrO3. The summed E-state index contributed by atoms with van der Waals surface area (Å²) in [7, 11) is 0. The first-order valence-electron chi connectivity index (χ1n) is 3.66. The fourth-order valence-corrected chi connectivity index (χ4v) is 1.70. The van der Waals surface area contributed by atoms with E-state index in [-0.39, 0.29) is 5.41 Å². The molecule has 64 valence electrons. The van der Waals surface area contributed by atoms with Crippen LogP contribution in [0.3, 0.4) is 0 Å². The van der Waals surface area contributed by atoms with Crippen LogP contribution in [0.2, 0.25) is 0 Å². The van der Waals surface area contributed by atoms with Gasteiger partial charge in [0.15, 0.2) is 0 Å². The van der Waals surface area contributed by atoms with Gasteiger partial charge < -0.3 is 14.2 Å². The van der Waals surface area contributed by atoms with Gasteiger partial charge >= 0.3 is 0 Å². The smallest absolute Gasteiger partial charge is 0.279 e. The summed E-state index contributed by atoms with van der Waals surface area (Å²) in [6, 6.07) is 0. The summed E-state index contributed by atoms with van der Waals surface area (Å²) in [4.78, 5) is 0. The van der Waals surface area contributed by atoms with Crippen molar-refractivity contribution in [3.8, 4) is 0 Å². The largest absolute Gasteiger partial charge is 0.327 e. The van der Waals surface area contributed by atoms with E-state index < -0.39 is 5.97 Å². The average molecular weight is 223 g/mol. The first-order valence-corrected chi connectivity index (χ1v) is 4.78. The van der Waals surface area contributed by atoms with Crippen molar-refractivity contribution in [1.29, 1.82) is 0 Å². The highest BCUT2D eigenvalue weighted by Crippen LogP contribution is 2.38. The van der Waals surface area contributed by atoms with Crippen molar-refractivity contribution in [2.45, 2.75) is 12.9 Å². The lowest BCUT2D eigenvalue weighted by Gasteiger charge is -2.49. The van der Waals surface area contributed by atoms with Crippen LogP contribution in [0, 0.1) is 5.41 Å². The summed E-state index contributed by atoms with van der Waals surface area (Å²) in [5.41, 5.74) is 0.0533. The van der Waals surface area contributed by atoms with E-state index in [0.29, 0.717) is 0 Å². The topological polar surface area (TPSA) is 27.7 Å². The molecule has 3 heterocycles. The van der Waals surface area contributed by atoms with Gasteiger partial charge in [-0.2, -0.15) is 0 Å². The molecule has 0 amide bonds. The number of rotatable bonds is 1. The Balaban J connectivity index is 2.12. The molecule has 3 nitrogen and oxygen atoms in total. The Hall–Kier alpha value is 0.360. The van der Waals surface area contributed by atoms with E-state index in [1.807, 2.05) is 6.92 Å². The summed E-state index contributed by atoms with van der Waals surface area (Å²) in [6.07, 6.45) is 0. The minimum absolute atomic E-state index is 0.0533. The standard InChI is InChI=1S/C7H11BrO3/c1-6-9-3-7(2-8,4-10-6)5-11-6/h2-5H2,1H3. The molecule has 2 bridgehead atoms. The molecule has 3 rings (SSSR count). The van der Waals surface area contributed by atoms with E-state index in [4.69, 9.17) is 14.2 Å². The Labute approximate surface area is 74.1 Å². The summed E-state index contributed by atoms with van der Waals surface area (Å²) in [5.74, 6) is -0.760. The van der Waals surface area contributed by atoms with Gasteiger partial charge in [0.25, 0.3) is 5.97 Å². The molecular weight excluding hydrogens is 212 g/mol. The van der Waals surface area contributed by atoms with Crippen LogP contribution in [0.5, 0.6) is 0 Å². The molecule has 3 aliphatic heterocycles. The highest BCUT2D eigenvalue weighted by Gasteiger charge is 2.49. The Bertz CT molecular complexity index is 147. The van der Waals surface area contributed by atoms with Gasteiger partial charge in [0.05, 0.1) is 25.2 Å². The van der Waals surface area contributed by atoms with Crippen LogP contribution in [0.4, 0.5) is 0 Å². The van der Waals surface area contributed by atoms with Crippen molar-refractivity contribution in [3.63, 3.8) is 0 Å². The van der Waals surface area contributed by atoms with Gasteiger partial charge in [-0.1, -0.05) is 15.9 Å². The van der Waals surface area contributed by atoms with Crippen molar-refractivity contribution in [1.82, 2.24) is 0 Å². The van der Waals surface area contributed by atoms with Crippen molar-refractivity contribution in [2.24, 2.45) is 5.41 Å². The predicted octanol–water partition coefficient (Wildman–Crippen LogP) is 1.12. The zero-order valence-corrected chi connectivity index (χ0v) is 8.02. The Morgan fingerprint density at radius 2 is 1.64 bits per heavy atom. The summed E-state index contributed by atoms with van der Waals surface area (Å²) in [6.45, 7) is 4.00. The van der Waals surface area contributed by atoms with Gasteiger partial charge in [0, 0.05) is 12.3 Å². The second kappa shape index (κ2) is 2.42. The molecule has 0 radical (unpaired) electrons. The quantitative estimate of drug-likeness (QED) is 0.623. The third kappa shape index (κ3) is 1.22. The SMILES string of the molecule is CC12OCC(CBr)(CO1)CO2. The van der Waals surface area contributed by atoms with Gasteiger partial charge in [-0.15, -0.1) is 0 Å². The van der Waals surface area contributed by atoms with Gasteiger partial charge in [-0.3, -0.25) is 0 Å². The molecule has 0 saturated carbocycles. The van der Waals surface area contributed by atoms with E-state index in [1.165, 1.54) is 0 Å². The first-order chi connectivity index (χ1) is 5.18. The van der Waals surface area contributed by atoms with Crippen LogP contribution in [0.25, 0.3) is 0 Å². The summed E-state index contributed by atoms with van der Waals surface area (Å²) in [5, 5.41) is 0.871. The molecule has 0 spiro atoms. The Morgan fingerprint density at radius 3 is 2.00 bits per heavy atom. The van der Waals surface area contributed by atoms with Crippen LogP contribution in [-0.4, -0.2) is 31.1 Å². The number of ether oxygens (including phenoxy) is 3. The summed E-state index contributed by atoms with van der Waals surface area (Å²) < 4.78 is 16.2. The highest BCUT2D eigenvalue weighted by atomic mass is 79.9. The minimum atomic E-state index is -0.760. The van der Waals surface area contributed by atoms with Crippen molar-refractivity contribution in [2.75, 3.05) is 25.2 Å². The number of alkyl halides is 1. The van der Waals surface area contributed by atoms with Crippen molar-refractivity contribution >= 4 is 15.9 Å². The molecule has 3 fully saturated rings. The second-order valence-electron chi connectivity index (χ2n) is 3.36. The van der Waals surface area contributed by atoms with Crippen LogP contribution >= 0.6 is 15.9 Å². The fourth-order valence-electron chi connectivity index (χ4n) is 1.22. The molecule has 0 aromatic heterocycles. The van der Waals surface area contributed by atoms with Crippen molar-refractivity contribution in [3.05, 3.63) is 0 Å². The van der Waals surface area contributed by atoms with Gasteiger partial charge in [-0.05, 0) is 0 Å². The normalized spacial score (nSPS) is 49.6. The number of fused-ring (bicyclic) bond motifs is 3. The van der Waals surface area contributed by atoms with E-state index in [0.717, 1.165) is 25.2 Å². The zero-order valence-electron chi connectivity index (χ0n) is 6.43. The van der Waals surface area contributed by atoms with E-state index >= 15 is 0 Å². The molecule has 0 aromatic carbocycles. The monoisotopic (exact) mass is 222 g/mol. The minimum Gasteiger partial charge on any atom is -0.327 e. The molecule has 4 heteroatoms. The van der Waals surface area contributed by atoms with Crippen LogP contribution in [0.1, 0.15) is 6.92 Å². The van der Waals surface area contributed by atoms with E-state index in [9.17, 15) is 0 Å². The van der Waals surface area contributed by atoms with E-state index in [1.54, 1.807) is 0 Å². The van der Waals surface area contributed by atoms with Crippen LogP contribution < -0.4 is 0 Å². The zero-order chi connectivity index (χ0) is 7.95. The molecule has 0 atom stereocenters. The number of hydrogen-bond donors (Lipinski definition) is 0. The van der Waals surface area contributed by atoms with Crippen LogP contribution in [0.15, 0.2) is 0 Å². The third-order valence-electron chi connectivity index (χ3n) is 2.21. The summed E-state index contributed by atoms with van der Waals surface area (Å²) >= 11 is 3.43. The lowest BCUT2D eigenvalue weighted by molar-refractivity contribution is -0.456. The molecule has 0 unspecified atom stereocenters. The first kappa shape index (κ1) is 7.98. The van der Waals surface area contributed by atoms with Gasteiger partial charge in [-0.25, -0.2) is 0 Å². The third-order valence-corrected chi connectivity index (χ3v) is 3.39. The maximum atomic E-state index is 5.38. The average Bonchev–Trinajstić information content (AvgIpc) is 2.07.